The van der Waals surface area contributed by atoms with Gasteiger partial charge in [0, 0.05) is 3.57 Å². The van der Waals surface area contributed by atoms with Gasteiger partial charge in [-0.25, -0.2) is 9.78 Å². The number of ether oxygens (including phenoxy) is 1. The lowest BCUT2D eigenvalue weighted by atomic mass is 10.1. The Morgan fingerprint density at radius 3 is 2.73 bits per heavy atom. The molecule has 1 heterocycles. The van der Waals surface area contributed by atoms with Gasteiger partial charge in [-0.2, -0.15) is 0 Å². The van der Waals surface area contributed by atoms with Crippen LogP contribution in [0.2, 0.25) is 0 Å². The number of hydrogen-bond donors (Lipinski definition) is 0. The first-order valence-electron chi connectivity index (χ1n) is 6.82. The summed E-state index contributed by atoms with van der Waals surface area (Å²) in [6.07, 6.45) is 0. The fourth-order valence-electron chi connectivity index (χ4n) is 2.10. The molecule has 3 aromatic rings. The van der Waals surface area contributed by atoms with Gasteiger partial charge in [-0.05, 0) is 77.9 Å². The molecule has 0 saturated carbocycles. The molecule has 4 nitrogen and oxygen atoms in total. The molecule has 0 saturated heterocycles. The second-order valence-corrected chi connectivity index (χ2v) is 6.34. The zero-order chi connectivity index (χ0) is 15.7. The summed E-state index contributed by atoms with van der Waals surface area (Å²) in [7, 11) is 0. The van der Waals surface area contributed by atoms with E-state index >= 15 is 0 Å². The van der Waals surface area contributed by atoms with Crippen LogP contribution in [0.3, 0.4) is 0 Å². The first kappa shape index (κ1) is 15.0. The zero-order valence-electron chi connectivity index (χ0n) is 12.2. The van der Waals surface area contributed by atoms with Crippen molar-refractivity contribution >= 4 is 33.5 Å². The molecule has 0 amide bonds. The molecular weight excluding hydrogens is 393 g/mol. The largest absolute Gasteiger partial charge is 0.484 e. The van der Waals surface area contributed by atoms with Crippen LogP contribution in [0.5, 0.6) is 5.75 Å². The Morgan fingerprint density at radius 1 is 1.14 bits per heavy atom. The molecule has 0 radical (unpaired) electrons. The number of fused-ring (bicyclic) bond motifs is 1. The third kappa shape index (κ3) is 3.14. The van der Waals surface area contributed by atoms with Crippen LogP contribution >= 0.6 is 22.6 Å². The Kier molecular flexibility index (Phi) is 4.15. The zero-order valence-corrected chi connectivity index (χ0v) is 14.4. The van der Waals surface area contributed by atoms with Gasteiger partial charge in [-0.15, -0.1) is 0 Å². The standard InChI is InChI=1S/C17H14INO3/c1-10-3-5-13(7-11(10)2)21-9-16-19-15-6-4-12(18)8-14(15)17(20)22-16/h3-8H,9H2,1-2H3. The van der Waals surface area contributed by atoms with Crippen molar-refractivity contribution in [2.45, 2.75) is 20.5 Å². The molecule has 0 unspecified atom stereocenters. The summed E-state index contributed by atoms with van der Waals surface area (Å²) in [5.74, 6) is 1.01. The van der Waals surface area contributed by atoms with E-state index in [1.807, 2.05) is 44.2 Å². The summed E-state index contributed by atoms with van der Waals surface area (Å²) in [5, 5.41) is 0.488. The van der Waals surface area contributed by atoms with E-state index in [4.69, 9.17) is 9.15 Å². The second-order valence-electron chi connectivity index (χ2n) is 5.09. The Hall–Kier alpha value is -1.89. The smallest absolute Gasteiger partial charge is 0.346 e. The Labute approximate surface area is 141 Å². The number of aromatic nitrogens is 1. The van der Waals surface area contributed by atoms with Crippen molar-refractivity contribution in [3.63, 3.8) is 0 Å². The SMILES string of the molecule is Cc1ccc(OCc2nc3ccc(I)cc3c(=O)o2)cc1C. The van der Waals surface area contributed by atoms with Crippen LogP contribution in [0.1, 0.15) is 17.0 Å². The Morgan fingerprint density at radius 2 is 1.95 bits per heavy atom. The highest BCUT2D eigenvalue weighted by molar-refractivity contribution is 14.1. The number of aryl methyl sites for hydroxylation is 2. The molecule has 5 heteroatoms. The molecule has 0 atom stereocenters. The van der Waals surface area contributed by atoms with E-state index in [2.05, 4.69) is 27.6 Å². The molecule has 1 aromatic heterocycles. The molecule has 0 aliphatic rings. The van der Waals surface area contributed by atoms with Crippen LogP contribution in [0.15, 0.2) is 45.6 Å². The van der Waals surface area contributed by atoms with Crippen molar-refractivity contribution in [2.24, 2.45) is 0 Å². The van der Waals surface area contributed by atoms with Gasteiger partial charge in [-0.1, -0.05) is 6.07 Å². The first-order valence-corrected chi connectivity index (χ1v) is 7.90. The van der Waals surface area contributed by atoms with E-state index in [0.717, 1.165) is 14.9 Å². The fourth-order valence-corrected chi connectivity index (χ4v) is 2.59. The summed E-state index contributed by atoms with van der Waals surface area (Å²) >= 11 is 2.15. The normalized spacial score (nSPS) is 10.9. The van der Waals surface area contributed by atoms with Crippen molar-refractivity contribution < 1.29 is 9.15 Å². The molecule has 0 bridgehead atoms. The lowest BCUT2D eigenvalue weighted by Crippen LogP contribution is -2.08. The summed E-state index contributed by atoms with van der Waals surface area (Å²) < 4.78 is 11.9. The van der Waals surface area contributed by atoms with E-state index in [0.29, 0.717) is 10.9 Å². The maximum atomic E-state index is 12.0. The second kappa shape index (κ2) is 6.08. The summed E-state index contributed by atoms with van der Waals surface area (Å²) in [5.41, 5.74) is 2.59. The molecule has 0 aliphatic heterocycles. The van der Waals surface area contributed by atoms with Crippen molar-refractivity contribution in [2.75, 3.05) is 0 Å². The highest BCUT2D eigenvalue weighted by atomic mass is 127. The summed E-state index contributed by atoms with van der Waals surface area (Å²) in [6, 6.07) is 11.3. The number of halogens is 1. The number of benzene rings is 2. The van der Waals surface area contributed by atoms with Crippen molar-refractivity contribution in [3.8, 4) is 5.75 Å². The number of rotatable bonds is 3. The predicted octanol–water partition coefficient (Wildman–Crippen LogP) is 3.99. The lowest BCUT2D eigenvalue weighted by Gasteiger charge is -2.07. The van der Waals surface area contributed by atoms with Gasteiger partial charge in [0.15, 0.2) is 6.61 Å². The van der Waals surface area contributed by atoms with Gasteiger partial charge in [0.25, 0.3) is 0 Å². The van der Waals surface area contributed by atoms with Crippen LogP contribution < -0.4 is 10.4 Å². The van der Waals surface area contributed by atoms with E-state index in [9.17, 15) is 4.79 Å². The van der Waals surface area contributed by atoms with Gasteiger partial charge in [0.05, 0.1) is 10.9 Å². The van der Waals surface area contributed by atoms with Crippen molar-refractivity contribution in [3.05, 3.63) is 67.4 Å². The van der Waals surface area contributed by atoms with Gasteiger partial charge < -0.3 is 9.15 Å². The van der Waals surface area contributed by atoms with E-state index in [-0.39, 0.29) is 18.1 Å². The van der Waals surface area contributed by atoms with E-state index in [1.165, 1.54) is 5.56 Å². The average Bonchev–Trinajstić information content (AvgIpc) is 2.49. The number of nitrogens with zero attached hydrogens (tertiary/aromatic N) is 1. The van der Waals surface area contributed by atoms with Crippen molar-refractivity contribution in [1.82, 2.24) is 4.98 Å². The molecule has 0 fully saturated rings. The minimum absolute atomic E-state index is 0.125. The molecule has 0 N–H and O–H groups in total. The monoisotopic (exact) mass is 407 g/mol. The minimum atomic E-state index is -0.387. The summed E-state index contributed by atoms with van der Waals surface area (Å²) in [6.45, 7) is 4.20. The average molecular weight is 407 g/mol. The van der Waals surface area contributed by atoms with Gasteiger partial charge in [0.2, 0.25) is 5.89 Å². The Bertz CT molecular complexity index is 902. The van der Waals surface area contributed by atoms with E-state index in [1.54, 1.807) is 6.07 Å². The maximum absolute atomic E-state index is 12.0. The maximum Gasteiger partial charge on any atom is 0.346 e. The molecule has 2 aromatic carbocycles. The molecule has 112 valence electrons. The van der Waals surface area contributed by atoms with Gasteiger partial charge in [-0.3, -0.25) is 0 Å². The fraction of sp³-hybridized carbons (Fsp3) is 0.176. The highest BCUT2D eigenvalue weighted by Crippen LogP contribution is 2.18. The van der Waals surface area contributed by atoms with Crippen molar-refractivity contribution in [1.29, 1.82) is 0 Å². The van der Waals surface area contributed by atoms with Crippen LogP contribution in [-0.2, 0) is 6.61 Å². The predicted molar refractivity (Wildman–Crippen MR) is 93.2 cm³/mol. The molecule has 22 heavy (non-hydrogen) atoms. The molecule has 0 spiro atoms. The lowest BCUT2D eigenvalue weighted by molar-refractivity contribution is 0.253. The van der Waals surface area contributed by atoms with Crippen LogP contribution in [0.25, 0.3) is 10.9 Å². The van der Waals surface area contributed by atoms with Crippen LogP contribution in [-0.4, -0.2) is 4.98 Å². The molecular formula is C17H14INO3. The third-order valence-electron chi connectivity index (χ3n) is 3.47. The van der Waals surface area contributed by atoms with Gasteiger partial charge >= 0.3 is 5.63 Å². The number of hydrogen-bond acceptors (Lipinski definition) is 4. The van der Waals surface area contributed by atoms with E-state index < -0.39 is 0 Å². The topological polar surface area (TPSA) is 52.3 Å². The third-order valence-corrected chi connectivity index (χ3v) is 4.15. The summed E-state index contributed by atoms with van der Waals surface area (Å²) in [4.78, 5) is 16.3. The van der Waals surface area contributed by atoms with Crippen LogP contribution in [0, 0.1) is 17.4 Å². The quantitative estimate of drug-likeness (QED) is 0.617. The highest BCUT2D eigenvalue weighted by Gasteiger charge is 2.08. The molecule has 3 rings (SSSR count). The Balaban J connectivity index is 1.86. The molecule has 0 aliphatic carbocycles. The first-order chi connectivity index (χ1) is 10.5. The van der Waals surface area contributed by atoms with Crippen LogP contribution in [0.4, 0.5) is 0 Å². The van der Waals surface area contributed by atoms with Gasteiger partial charge in [0.1, 0.15) is 5.75 Å². The minimum Gasteiger partial charge on any atom is -0.484 e.